The molecule has 1 aliphatic heterocycles. The van der Waals surface area contributed by atoms with Crippen LogP contribution < -0.4 is 0 Å². The van der Waals surface area contributed by atoms with Crippen LogP contribution in [0.3, 0.4) is 0 Å². The summed E-state index contributed by atoms with van der Waals surface area (Å²) in [4.78, 5) is 18.4. The molecular formula is C13H20N2O3S. The SMILES string of the molecule is Cc1nc(CC(=O)N2CC(CO)OC(C)(C)C2)cs1. The molecule has 0 saturated carbocycles. The number of aliphatic hydroxyl groups is 1. The summed E-state index contributed by atoms with van der Waals surface area (Å²) in [5, 5.41) is 12.1. The molecule has 0 spiro atoms. The van der Waals surface area contributed by atoms with Gasteiger partial charge in [-0.05, 0) is 20.8 Å². The van der Waals surface area contributed by atoms with E-state index in [1.807, 2.05) is 26.2 Å². The standard InChI is InChI=1S/C13H20N2O3S/c1-9-14-10(7-19-9)4-12(17)15-5-11(6-16)18-13(2,3)8-15/h7,11,16H,4-6,8H2,1-3H3. The van der Waals surface area contributed by atoms with Crippen LogP contribution in [0, 0.1) is 6.92 Å². The molecule has 1 N–H and O–H groups in total. The lowest BCUT2D eigenvalue weighted by Crippen LogP contribution is -2.55. The third-order valence-electron chi connectivity index (χ3n) is 3.04. The van der Waals surface area contributed by atoms with E-state index in [2.05, 4.69) is 4.98 Å². The van der Waals surface area contributed by atoms with Gasteiger partial charge in [0.05, 0.1) is 35.4 Å². The molecule has 5 nitrogen and oxygen atoms in total. The van der Waals surface area contributed by atoms with Gasteiger partial charge in [-0.15, -0.1) is 11.3 Å². The Labute approximate surface area is 117 Å². The summed E-state index contributed by atoms with van der Waals surface area (Å²) in [6.07, 6.45) is 0.0170. The molecule has 0 aliphatic carbocycles. The van der Waals surface area contributed by atoms with Gasteiger partial charge in [0.1, 0.15) is 0 Å². The average Bonchev–Trinajstić information content (AvgIpc) is 2.72. The van der Waals surface area contributed by atoms with E-state index in [4.69, 9.17) is 4.74 Å². The van der Waals surface area contributed by atoms with E-state index in [1.165, 1.54) is 0 Å². The lowest BCUT2D eigenvalue weighted by molar-refractivity contribution is -0.166. The van der Waals surface area contributed by atoms with Crippen LogP contribution in [0.2, 0.25) is 0 Å². The molecule has 1 saturated heterocycles. The molecule has 1 aromatic rings. The van der Waals surface area contributed by atoms with Crippen LogP contribution in [0.15, 0.2) is 5.38 Å². The van der Waals surface area contributed by atoms with Crippen molar-refractivity contribution in [2.45, 2.75) is 38.9 Å². The quantitative estimate of drug-likeness (QED) is 0.899. The van der Waals surface area contributed by atoms with Crippen LogP contribution in [0.5, 0.6) is 0 Å². The first-order valence-corrected chi connectivity index (χ1v) is 7.25. The summed E-state index contributed by atoms with van der Waals surface area (Å²) in [5.41, 5.74) is 0.400. The molecule has 19 heavy (non-hydrogen) atoms. The van der Waals surface area contributed by atoms with E-state index in [0.717, 1.165) is 10.7 Å². The summed E-state index contributed by atoms with van der Waals surface area (Å²) >= 11 is 1.55. The highest BCUT2D eigenvalue weighted by Crippen LogP contribution is 2.21. The Balaban J connectivity index is 2.01. The first-order valence-electron chi connectivity index (χ1n) is 6.37. The van der Waals surface area contributed by atoms with Gasteiger partial charge in [-0.25, -0.2) is 4.98 Å². The minimum Gasteiger partial charge on any atom is -0.394 e. The Kier molecular flexibility index (Phi) is 4.23. The predicted molar refractivity (Wildman–Crippen MR) is 73.2 cm³/mol. The van der Waals surface area contributed by atoms with E-state index in [1.54, 1.807) is 16.2 Å². The van der Waals surface area contributed by atoms with Gasteiger partial charge < -0.3 is 14.7 Å². The summed E-state index contributed by atoms with van der Waals surface area (Å²) in [5.74, 6) is 0.0418. The zero-order valence-corrected chi connectivity index (χ0v) is 12.4. The van der Waals surface area contributed by atoms with Crippen LogP contribution in [-0.2, 0) is 16.0 Å². The van der Waals surface area contributed by atoms with Crippen LogP contribution >= 0.6 is 11.3 Å². The van der Waals surface area contributed by atoms with E-state index in [-0.39, 0.29) is 18.6 Å². The Morgan fingerprint density at radius 1 is 1.68 bits per heavy atom. The normalized spacial score (nSPS) is 22.5. The van der Waals surface area contributed by atoms with Crippen molar-refractivity contribution in [3.05, 3.63) is 16.1 Å². The molecule has 0 aromatic carbocycles. The smallest absolute Gasteiger partial charge is 0.228 e. The maximum Gasteiger partial charge on any atom is 0.228 e. The van der Waals surface area contributed by atoms with Crippen LogP contribution in [0.1, 0.15) is 24.5 Å². The molecule has 0 radical (unpaired) electrons. The number of carbonyl (C=O) groups excluding carboxylic acids is 1. The molecule has 2 heterocycles. The maximum atomic E-state index is 12.3. The van der Waals surface area contributed by atoms with Crippen LogP contribution in [-0.4, -0.2) is 52.3 Å². The van der Waals surface area contributed by atoms with E-state index < -0.39 is 5.60 Å². The zero-order chi connectivity index (χ0) is 14.0. The molecule has 1 unspecified atom stereocenters. The van der Waals surface area contributed by atoms with Gasteiger partial charge in [-0.1, -0.05) is 0 Å². The predicted octanol–water partition coefficient (Wildman–Crippen LogP) is 0.992. The molecule has 0 bridgehead atoms. The number of carbonyl (C=O) groups is 1. The van der Waals surface area contributed by atoms with E-state index in [0.29, 0.717) is 19.5 Å². The number of rotatable bonds is 3. The first kappa shape index (κ1) is 14.4. The molecule has 1 amide bonds. The molecule has 2 rings (SSSR count). The fourth-order valence-electron chi connectivity index (χ4n) is 2.34. The van der Waals surface area contributed by atoms with Gasteiger partial charge in [0, 0.05) is 18.5 Å². The highest BCUT2D eigenvalue weighted by Gasteiger charge is 2.35. The first-order chi connectivity index (χ1) is 8.89. The number of thiazole rings is 1. The molecule has 1 aromatic heterocycles. The Morgan fingerprint density at radius 2 is 2.42 bits per heavy atom. The highest BCUT2D eigenvalue weighted by molar-refractivity contribution is 7.09. The van der Waals surface area contributed by atoms with Crippen molar-refractivity contribution in [3.8, 4) is 0 Å². The lowest BCUT2D eigenvalue weighted by atomic mass is 10.0. The summed E-state index contributed by atoms with van der Waals surface area (Å²) < 4.78 is 5.70. The van der Waals surface area contributed by atoms with Crippen molar-refractivity contribution in [1.29, 1.82) is 0 Å². The lowest BCUT2D eigenvalue weighted by Gasteiger charge is -2.42. The Hall–Kier alpha value is -0.980. The van der Waals surface area contributed by atoms with Gasteiger partial charge in [0.2, 0.25) is 5.91 Å². The van der Waals surface area contributed by atoms with Gasteiger partial charge in [0.25, 0.3) is 0 Å². The molecule has 1 atom stereocenters. The number of aromatic nitrogens is 1. The summed E-state index contributed by atoms with van der Waals surface area (Å²) in [7, 11) is 0. The van der Waals surface area contributed by atoms with Gasteiger partial charge in [-0.3, -0.25) is 4.79 Å². The van der Waals surface area contributed by atoms with E-state index >= 15 is 0 Å². The third kappa shape index (κ3) is 3.75. The topological polar surface area (TPSA) is 62.7 Å². The molecule has 1 fully saturated rings. The second-order valence-electron chi connectivity index (χ2n) is 5.49. The number of nitrogens with zero attached hydrogens (tertiary/aromatic N) is 2. The van der Waals surface area contributed by atoms with Crippen molar-refractivity contribution >= 4 is 17.2 Å². The summed E-state index contributed by atoms with van der Waals surface area (Å²) in [6, 6.07) is 0. The summed E-state index contributed by atoms with van der Waals surface area (Å²) in [6.45, 7) is 6.72. The van der Waals surface area contributed by atoms with Crippen molar-refractivity contribution in [2.75, 3.05) is 19.7 Å². The zero-order valence-electron chi connectivity index (χ0n) is 11.5. The third-order valence-corrected chi connectivity index (χ3v) is 3.86. The van der Waals surface area contributed by atoms with Crippen LogP contribution in [0.4, 0.5) is 0 Å². The van der Waals surface area contributed by atoms with Crippen molar-refractivity contribution < 1.29 is 14.6 Å². The maximum absolute atomic E-state index is 12.3. The fraction of sp³-hybridized carbons (Fsp3) is 0.692. The monoisotopic (exact) mass is 284 g/mol. The number of ether oxygens (including phenoxy) is 1. The largest absolute Gasteiger partial charge is 0.394 e. The Morgan fingerprint density at radius 3 is 3.00 bits per heavy atom. The number of amides is 1. The minimum atomic E-state index is -0.417. The minimum absolute atomic E-state index is 0.0418. The van der Waals surface area contributed by atoms with Crippen LogP contribution in [0.25, 0.3) is 0 Å². The number of morpholine rings is 1. The fourth-order valence-corrected chi connectivity index (χ4v) is 2.95. The Bertz CT molecular complexity index is 458. The molecular weight excluding hydrogens is 264 g/mol. The highest BCUT2D eigenvalue weighted by atomic mass is 32.1. The van der Waals surface area contributed by atoms with Crippen molar-refractivity contribution in [3.63, 3.8) is 0 Å². The number of hydrogen-bond donors (Lipinski definition) is 1. The van der Waals surface area contributed by atoms with Gasteiger partial charge in [0.15, 0.2) is 0 Å². The number of aliphatic hydroxyl groups excluding tert-OH is 1. The van der Waals surface area contributed by atoms with Crippen molar-refractivity contribution in [2.24, 2.45) is 0 Å². The number of aryl methyl sites for hydroxylation is 1. The second-order valence-corrected chi connectivity index (χ2v) is 6.55. The average molecular weight is 284 g/mol. The van der Waals surface area contributed by atoms with Gasteiger partial charge in [-0.2, -0.15) is 0 Å². The number of hydrogen-bond acceptors (Lipinski definition) is 5. The van der Waals surface area contributed by atoms with Crippen molar-refractivity contribution in [1.82, 2.24) is 9.88 Å². The molecule has 106 valence electrons. The van der Waals surface area contributed by atoms with Gasteiger partial charge >= 0.3 is 0 Å². The van der Waals surface area contributed by atoms with E-state index in [9.17, 15) is 9.90 Å². The second kappa shape index (κ2) is 5.56. The molecule has 1 aliphatic rings. The molecule has 6 heteroatoms.